The van der Waals surface area contributed by atoms with E-state index in [0.29, 0.717) is 11.6 Å². The minimum Gasteiger partial charge on any atom is -0.477 e. The van der Waals surface area contributed by atoms with Crippen molar-refractivity contribution in [3.63, 3.8) is 0 Å². The molecule has 2 aromatic rings. The Morgan fingerprint density at radius 2 is 2.19 bits per heavy atom. The third kappa shape index (κ3) is 2.42. The van der Waals surface area contributed by atoms with Gasteiger partial charge in [-0.05, 0) is 43.2 Å². The predicted molar refractivity (Wildman–Crippen MR) is 81.3 cm³/mol. The fourth-order valence-electron chi connectivity index (χ4n) is 2.64. The zero-order chi connectivity index (χ0) is 15.0. The highest BCUT2D eigenvalue weighted by molar-refractivity contribution is 5.97. The van der Waals surface area contributed by atoms with E-state index in [-0.39, 0.29) is 5.69 Å². The molecule has 0 bridgehead atoms. The summed E-state index contributed by atoms with van der Waals surface area (Å²) in [6, 6.07) is 5.41. The van der Waals surface area contributed by atoms with Crippen LogP contribution in [0.5, 0.6) is 5.75 Å². The lowest BCUT2D eigenvalue weighted by Crippen LogP contribution is -2.09. The van der Waals surface area contributed by atoms with E-state index in [1.807, 2.05) is 31.2 Å². The number of carboxylic acid groups (broad SMARTS) is 1. The van der Waals surface area contributed by atoms with Crippen LogP contribution < -0.4 is 4.74 Å². The molecule has 0 saturated carbocycles. The maximum absolute atomic E-state index is 11.2. The summed E-state index contributed by atoms with van der Waals surface area (Å²) >= 11 is 0. The SMILES string of the molecule is Cc1cc(OC2=NCCC=C2)cc2cc(C(=O)O)n(C)c12. The van der Waals surface area contributed by atoms with Gasteiger partial charge in [-0.3, -0.25) is 4.99 Å². The average molecular weight is 284 g/mol. The quantitative estimate of drug-likeness (QED) is 0.922. The van der Waals surface area contributed by atoms with Gasteiger partial charge in [0.05, 0.1) is 5.52 Å². The number of rotatable bonds is 2. The van der Waals surface area contributed by atoms with Gasteiger partial charge in [-0.2, -0.15) is 0 Å². The zero-order valence-electron chi connectivity index (χ0n) is 12.0. The van der Waals surface area contributed by atoms with Gasteiger partial charge >= 0.3 is 5.97 Å². The number of ether oxygens (including phenoxy) is 1. The highest BCUT2D eigenvalue weighted by atomic mass is 16.5. The Balaban J connectivity index is 2.04. The van der Waals surface area contributed by atoms with Crippen LogP contribution in [0.2, 0.25) is 0 Å². The van der Waals surface area contributed by atoms with Crippen LogP contribution in [0.15, 0.2) is 35.3 Å². The summed E-state index contributed by atoms with van der Waals surface area (Å²) in [5.74, 6) is 0.331. The van der Waals surface area contributed by atoms with E-state index in [2.05, 4.69) is 4.99 Å². The molecule has 1 N–H and O–H groups in total. The lowest BCUT2D eigenvalue weighted by molar-refractivity contribution is 0.0687. The van der Waals surface area contributed by atoms with Gasteiger partial charge in [0.2, 0.25) is 5.90 Å². The van der Waals surface area contributed by atoms with E-state index < -0.39 is 5.97 Å². The number of dihydropyridines is 1. The van der Waals surface area contributed by atoms with Crippen LogP contribution in [-0.2, 0) is 7.05 Å². The van der Waals surface area contributed by atoms with Crippen molar-refractivity contribution < 1.29 is 14.6 Å². The molecule has 1 aromatic carbocycles. The first-order valence-corrected chi connectivity index (χ1v) is 6.78. The number of carboxylic acids is 1. The van der Waals surface area contributed by atoms with E-state index >= 15 is 0 Å². The molecule has 1 aliphatic rings. The number of aromatic nitrogens is 1. The smallest absolute Gasteiger partial charge is 0.352 e. The third-order valence-corrected chi connectivity index (χ3v) is 3.56. The zero-order valence-corrected chi connectivity index (χ0v) is 12.0. The summed E-state index contributed by atoms with van der Waals surface area (Å²) in [6.45, 7) is 2.68. The number of nitrogens with zero attached hydrogens (tertiary/aromatic N) is 2. The Morgan fingerprint density at radius 3 is 2.86 bits per heavy atom. The molecule has 0 aliphatic carbocycles. The first-order valence-electron chi connectivity index (χ1n) is 6.78. The maximum atomic E-state index is 11.2. The van der Waals surface area contributed by atoms with Gasteiger partial charge in [0, 0.05) is 19.0 Å². The van der Waals surface area contributed by atoms with Crippen molar-refractivity contribution in [1.82, 2.24) is 4.57 Å². The largest absolute Gasteiger partial charge is 0.477 e. The highest BCUT2D eigenvalue weighted by Gasteiger charge is 2.15. The summed E-state index contributed by atoms with van der Waals surface area (Å²) in [6.07, 6.45) is 4.82. The third-order valence-electron chi connectivity index (χ3n) is 3.56. The average Bonchev–Trinajstić information content (AvgIpc) is 2.77. The van der Waals surface area contributed by atoms with E-state index in [0.717, 1.165) is 29.4 Å². The molecule has 0 spiro atoms. The van der Waals surface area contributed by atoms with Gasteiger partial charge in [-0.25, -0.2) is 4.79 Å². The summed E-state index contributed by atoms with van der Waals surface area (Å²) in [5.41, 5.74) is 2.14. The van der Waals surface area contributed by atoms with Gasteiger partial charge in [-0.1, -0.05) is 6.08 Å². The number of aryl methyl sites for hydroxylation is 2. The van der Waals surface area contributed by atoms with E-state index in [1.54, 1.807) is 17.7 Å². The number of carbonyl (C=O) groups is 1. The summed E-state index contributed by atoms with van der Waals surface area (Å²) in [5, 5.41) is 10.1. The molecule has 1 aromatic heterocycles. The molecule has 0 radical (unpaired) electrons. The number of benzene rings is 1. The Hall–Kier alpha value is -2.56. The van der Waals surface area contributed by atoms with E-state index in [1.165, 1.54) is 0 Å². The lowest BCUT2D eigenvalue weighted by Gasteiger charge is -2.10. The summed E-state index contributed by atoms with van der Waals surface area (Å²) in [7, 11) is 1.76. The Morgan fingerprint density at radius 1 is 1.38 bits per heavy atom. The molecular formula is C16H16N2O3. The van der Waals surface area contributed by atoms with Gasteiger partial charge in [0.25, 0.3) is 0 Å². The molecule has 0 unspecified atom stereocenters. The van der Waals surface area contributed by atoms with Crippen molar-refractivity contribution >= 4 is 22.8 Å². The number of hydrogen-bond donors (Lipinski definition) is 1. The number of fused-ring (bicyclic) bond motifs is 1. The van der Waals surface area contributed by atoms with Crippen LogP contribution in [-0.4, -0.2) is 28.1 Å². The molecule has 108 valence electrons. The predicted octanol–water partition coefficient (Wildman–Crippen LogP) is 2.92. The molecule has 0 atom stereocenters. The molecule has 3 rings (SSSR count). The summed E-state index contributed by atoms with van der Waals surface area (Å²) < 4.78 is 7.45. The Kier molecular flexibility index (Phi) is 3.25. The number of hydrogen-bond acceptors (Lipinski definition) is 3. The molecule has 0 fully saturated rings. The van der Waals surface area contributed by atoms with Gasteiger partial charge < -0.3 is 14.4 Å². The maximum Gasteiger partial charge on any atom is 0.352 e. The van der Waals surface area contributed by atoms with Crippen molar-refractivity contribution in [2.24, 2.45) is 12.0 Å². The van der Waals surface area contributed by atoms with Crippen LogP contribution in [0.25, 0.3) is 10.9 Å². The second-order valence-corrected chi connectivity index (χ2v) is 5.08. The molecule has 2 heterocycles. The van der Waals surface area contributed by atoms with Crippen molar-refractivity contribution in [1.29, 1.82) is 0 Å². The monoisotopic (exact) mass is 284 g/mol. The van der Waals surface area contributed by atoms with Gasteiger partial charge in [0.15, 0.2) is 0 Å². The molecule has 1 aliphatic heterocycles. The molecule has 5 heteroatoms. The fraction of sp³-hybridized carbons (Fsp3) is 0.250. The van der Waals surface area contributed by atoms with Crippen LogP contribution in [0.1, 0.15) is 22.5 Å². The minimum absolute atomic E-state index is 0.264. The normalized spacial score (nSPS) is 14.3. The van der Waals surface area contributed by atoms with Crippen LogP contribution in [0.3, 0.4) is 0 Å². The first-order chi connectivity index (χ1) is 10.1. The second-order valence-electron chi connectivity index (χ2n) is 5.08. The van der Waals surface area contributed by atoms with Crippen LogP contribution in [0, 0.1) is 6.92 Å². The van der Waals surface area contributed by atoms with E-state index in [4.69, 9.17) is 4.74 Å². The van der Waals surface area contributed by atoms with Crippen LogP contribution >= 0.6 is 0 Å². The number of aliphatic imine (C=N–C) groups is 1. The van der Waals surface area contributed by atoms with Crippen molar-refractivity contribution in [3.8, 4) is 5.75 Å². The molecular weight excluding hydrogens is 268 g/mol. The fourth-order valence-corrected chi connectivity index (χ4v) is 2.64. The standard InChI is InChI=1S/C16H16N2O3/c1-10-7-12(21-14-5-3-4-6-17-14)8-11-9-13(16(19)20)18(2)15(10)11/h3,5,7-9H,4,6H2,1-2H3,(H,19,20). The van der Waals surface area contributed by atoms with E-state index in [9.17, 15) is 9.90 Å². The van der Waals surface area contributed by atoms with Gasteiger partial charge in [0.1, 0.15) is 11.4 Å². The minimum atomic E-state index is -0.935. The van der Waals surface area contributed by atoms with Crippen molar-refractivity contribution in [2.45, 2.75) is 13.3 Å². The molecule has 0 saturated heterocycles. The van der Waals surface area contributed by atoms with Crippen molar-refractivity contribution in [3.05, 3.63) is 41.6 Å². The van der Waals surface area contributed by atoms with Crippen molar-refractivity contribution in [2.75, 3.05) is 6.54 Å². The molecule has 0 amide bonds. The first kappa shape index (κ1) is 13.4. The second kappa shape index (κ2) is 5.09. The van der Waals surface area contributed by atoms with Gasteiger partial charge in [-0.15, -0.1) is 0 Å². The Labute approximate surface area is 122 Å². The lowest BCUT2D eigenvalue weighted by atomic mass is 10.1. The van der Waals surface area contributed by atoms with Crippen LogP contribution in [0.4, 0.5) is 0 Å². The topological polar surface area (TPSA) is 63.8 Å². The molecule has 21 heavy (non-hydrogen) atoms. The Bertz CT molecular complexity index is 784. The number of aromatic carboxylic acids is 1. The highest BCUT2D eigenvalue weighted by Crippen LogP contribution is 2.28. The summed E-state index contributed by atoms with van der Waals surface area (Å²) in [4.78, 5) is 15.5. The molecule has 5 nitrogen and oxygen atoms in total.